The van der Waals surface area contributed by atoms with Gasteiger partial charge in [0.1, 0.15) is 11.8 Å². The van der Waals surface area contributed by atoms with Crippen molar-refractivity contribution in [2.45, 2.75) is 32.9 Å². The number of aromatic nitrogens is 2. The molecule has 0 aliphatic carbocycles. The van der Waals surface area contributed by atoms with Crippen LogP contribution in [0.15, 0.2) is 54.6 Å². The maximum Gasteiger partial charge on any atom is 0.246 e. The highest BCUT2D eigenvalue weighted by molar-refractivity contribution is 6.32. The maximum atomic E-state index is 13.0. The Bertz CT molecular complexity index is 988. The monoisotopic (exact) mass is 426 g/mol. The molecule has 0 spiro atoms. The van der Waals surface area contributed by atoms with E-state index in [9.17, 15) is 4.79 Å². The molecule has 158 valence electrons. The Balaban J connectivity index is 1.65. The smallest absolute Gasteiger partial charge is 0.246 e. The van der Waals surface area contributed by atoms with Crippen LogP contribution in [0.3, 0.4) is 0 Å². The van der Waals surface area contributed by atoms with Crippen molar-refractivity contribution in [2.24, 2.45) is 0 Å². The van der Waals surface area contributed by atoms with Crippen LogP contribution in [-0.2, 0) is 11.3 Å². The molecule has 30 heavy (non-hydrogen) atoms. The van der Waals surface area contributed by atoms with E-state index in [0.717, 1.165) is 29.9 Å². The van der Waals surface area contributed by atoms with E-state index < -0.39 is 6.04 Å². The molecule has 0 saturated carbocycles. The number of ether oxygens (including phenoxy) is 1. The van der Waals surface area contributed by atoms with E-state index >= 15 is 0 Å². The molecule has 1 aromatic heterocycles. The summed E-state index contributed by atoms with van der Waals surface area (Å²) in [4.78, 5) is 13.0. The number of benzene rings is 2. The fraction of sp³-hybridized carbons (Fsp3) is 0.304. The Morgan fingerprint density at radius 3 is 2.57 bits per heavy atom. The summed E-state index contributed by atoms with van der Waals surface area (Å²) in [6, 6.07) is 16.5. The fourth-order valence-electron chi connectivity index (χ4n) is 3.34. The molecule has 0 saturated heterocycles. The van der Waals surface area contributed by atoms with Crippen LogP contribution in [0.2, 0.25) is 5.02 Å². The first-order chi connectivity index (χ1) is 14.5. The zero-order valence-electron chi connectivity index (χ0n) is 17.5. The van der Waals surface area contributed by atoms with E-state index in [0.29, 0.717) is 23.0 Å². The van der Waals surface area contributed by atoms with Crippen molar-refractivity contribution in [1.29, 1.82) is 0 Å². The number of amides is 1. The number of nitrogens with one attached hydrogen (secondary N) is 2. The number of methoxy groups -OCH3 is 1. The van der Waals surface area contributed by atoms with Crippen molar-refractivity contribution in [3.63, 3.8) is 0 Å². The predicted octanol–water partition coefficient (Wildman–Crippen LogP) is 4.52. The number of hydrogen-bond donors (Lipinski definition) is 2. The number of carbonyl (C=O) groups excluding carboxylic acids is 1. The molecule has 7 heteroatoms. The minimum absolute atomic E-state index is 0.145. The highest BCUT2D eigenvalue weighted by atomic mass is 35.5. The summed E-state index contributed by atoms with van der Waals surface area (Å²) >= 11 is 6.18. The van der Waals surface area contributed by atoms with Crippen molar-refractivity contribution >= 4 is 23.2 Å². The lowest BCUT2D eigenvalue weighted by Gasteiger charge is -2.19. The SMILES string of the molecule is COc1ccc(NC(=O)C(NCCCn2nc(C)cc2C)c2ccccc2)cc1Cl. The van der Waals surface area contributed by atoms with Crippen LogP contribution in [0.1, 0.15) is 29.4 Å². The third-order valence-corrected chi connectivity index (χ3v) is 5.11. The lowest BCUT2D eigenvalue weighted by Crippen LogP contribution is -2.34. The highest BCUT2D eigenvalue weighted by Gasteiger charge is 2.20. The third-order valence-electron chi connectivity index (χ3n) is 4.81. The largest absolute Gasteiger partial charge is 0.495 e. The Labute approximate surface area is 182 Å². The molecule has 2 aromatic carbocycles. The summed E-state index contributed by atoms with van der Waals surface area (Å²) in [6.45, 7) is 5.51. The van der Waals surface area contributed by atoms with Gasteiger partial charge in [0.2, 0.25) is 5.91 Å². The molecule has 0 fully saturated rings. The molecule has 0 bridgehead atoms. The van der Waals surface area contributed by atoms with E-state index in [2.05, 4.69) is 21.8 Å². The second kappa shape index (κ2) is 10.3. The lowest BCUT2D eigenvalue weighted by atomic mass is 10.1. The molecule has 1 atom stereocenters. The summed E-state index contributed by atoms with van der Waals surface area (Å²) in [5.74, 6) is 0.421. The minimum atomic E-state index is -0.479. The number of halogens is 1. The molecule has 1 unspecified atom stereocenters. The van der Waals surface area contributed by atoms with Crippen molar-refractivity contribution in [1.82, 2.24) is 15.1 Å². The van der Waals surface area contributed by atoms with Gasteiger partial charge in [0.05, 0.1) is 17.8 Å². The zero-order chi connectivity index (χ0) is 21.5. The number of rotatable bonds is 9. The fourth-order valence-corrected chi connectivity index (χ4v) is 3.60. The van der Waals surface area contributed by atoms with Crippen molar-refractivity contribution in [3.05, 3.63) is 76.6 Å². The number of carbonyl (C=O) groups is 1. The van der Waals surface area contributed by atoms with E-state index in [4.69, 9.17) is 16.3 Å². The molecule has 3 rings (SSSR count). The van der Waals surface area contributed by atoms with E-state index in [1.807, 2.05) is 48.9 Å². The second-order valence-corrected chi connectivity index (χ2v) is 7.55. The van der Waals surface area contributed by atoms with Gasteiger partial charge in [-0.3, -0.25) is 9.48 Å². The molecule has 2 N–H and O–H groups in total. The zero-order valence-corrected chi connectivity index (χ0v) is 18.2. The maximum absolute atomic E-state index is 13.0. The summed E-state index contributed by atoms with van der Waals surface area (Å²) < 4.78 is 7.16. The molecule has 1 amide bonds. The first-order valence-electron chi connectivity index (χ1n) is 9.91. The predicted molar refractivity (Wildman–Crippen MR) is 120 cm³/mol. The quantitative estimate of drug-likeness (QED) is 0.493. The van der Waals surface area contributed by atoms with E-state index in [1.54, 1.807) is 25.3 Å². The van der Waals surface area contributed by atoms with Crippen LogP contribution >= 0.6 is 11.6 Å². The molecule has 6 nitrogen and oxygen atoms in total. The highest BCUT2D eigenvalue weighted by Crippen LogP contribution is 2.27. The first kappa shape index (κ1) is 21.9. The minimum Gasteiger partial charge on any atom is -0.495 e. The van der Waals surface area contributed by atoms with Gasteiger partial charge in [-0.05, 0) is 56.6 Å². The van der Waals surface area contributed by atoms with E-state index in [-0.39, 0.29) is 5.91 Å². The number of nitrogens with zero attached hydrogens (tertiary/aromatic N) is 2. The summed E-state index contributed by atoms with van der Waals surface area (Å²) in [5.41, 5.74) is 3.68. The van der Waals surface area contributed by atoms with Crippen LogP contribution in [0.4, 0.5) is 5.69 Å². The normalized spacial score (nSPS) is 11.9. The van der Waals surface area contributed by atoms with Crippen molar-refractivity contribution < 1.29 is 9.53 Å². The lowest BCUT2D eigenvalue weighted by molar-refractivity contribution is -0.118. The Morgan fingerprint density at radius 1 is 1.17 bits per heavy atom. The average molecular weight is 427 g/mol. The van der Waals surface area contributed by atoms with Gasteiger partial charge in [-0.1, -0.05) is 41.9 Å². The Hall–Kier alpha value is -2.83. The topological polar surface area (TPSA) is 68.2 Å². The number of hydrogen-bond acceptors (Lipinski definition) is 4. The van der Waals surface area contributed by atoms with Gasteiger partial charge in [0, 0.05) is 17.9 Å². The van der Waals surface area contributed by atoms with Crippen LogP contribution < -0.4 is 15.4 Å². The van der Waals surface area contributed by atoms with Gasteiger partial charge in [0.25, 0.3) is 0 Å². The van der Waals surface area contributed by atoms with Gasteiger partial charge in [0.15, 0.2) is 0 Å². The molecular weight excluding hydrogens is 400 g/mol. The molecular formula is C23H27ClN4O2. The first-order valence-corrected chi connectivity index (χ1v) is 10.3. The van der Waals surface area contributed by atoms with Gasteiger partial charge in [-0.15, -0.1) is 0 Å². The summed E-state index contributed by atoms with van der Waals surface area (Å²) in [7, 11) is 1.56. The van der Waals surface area contributed by atoms with E-state index in [1.165, 1.54) is 0 Å². The van der Waals surface area contributed by atoms with Gasteiger partial charge >= 0.3 is 0 Å². The van der Waals surface area contributed by atoms with Crippen LogP contribution in [0.25, 0.3) is 0 Å². The van der Waals surface area contributed by atoms with Crippen LogP contribution in [0, 0.1) is 13.8 Å². The van der Waals surface area contributed by atoms with Gasteiger partial charge in [-0.25, -0.2) is 0 Å². The molecule has 0 aliphatic rings. The Morgan fingerprint density at radius 2 is 1.93 bits per heavy atom. The number of aryl methyl sites for hydroxylation is 3. The van der Waals surface area contributed by atoms with Crippen molar-refractivity contribution in [3.8, 4) is 5.75 Å². The third kappa shape index (κ3) is 5.62. The van der Waals surface area contributed by atoms with Gasteiger partial charge < -0.3 is 15.4 Å². The number of anilines is 1. The molecule has 3 aromatic rings. The summed E-state index contributed by atoms with van der Waals surface area (Å²) in [6.07, 6.45) is 0.854. The van der Waals surface area contributed by atoms with Gasteiger partial charge in [-0.2, -0.15) is 5.10 Å². The molecule has 1 heterocycles. The Kier molecular flexibility index (Phi) is 7.49. The molecule has 0 aliphatic heterocycles. The van der Waals surface area contributed by atoms with Crippen LogP contribution in [0.5, 0.6) is 5.75 Å². The molecule has 0 radical (unpaired) electrons. The van der Waals surface area contributed by atoms with Crippen molar-refractivity contribution in [2.75, 3.05) is 19.0 Å². The standard InChI is InChI=1S/C23H27ClN4O2/c1-16-14-17(2)28(27-16)13-7-12-25-22(18-8-5-4-6-9-18)23(29)26-19-10-11-21(30-3)20(24)15-19/h4-6,8-11,14-15,22,25H,7,12-13H2,1-3H3,(H,26,29). The second-order valence-electron chi connectivity index (χ2n) is 7.14. The average Bonchev–Trinajstić information content (AvgIpc) is 3.05. The van der Waals surface area contributed by atoms with Crippen LogP contribution in [-0.4, -0.2) is 29.3 Å². The summed E-state index contributed by atoms with van der Waals surface area (Å²) in [5, 5.41) is 11.3.